The molecule has 32 heavy (non-hydrogen) atoms. The van der Waals surface area contributed by atoms with Crippen molar-refractivity contribution in [3.63, 3.8) is 0 Å². The summed E-state index contributed by atoms with van der Waals surface area (Å²) in [5.74, 6) is 4.57. The molecule has 1 nitrogen and oxygen atoms in total. The molecule has 3 saturated carbocycles. The molecular weight excluding hydrogens is 388 g/mol. The Hall–Kier alpha value is -1.50. The molecule has 0 heterocycles. The smallest absolute Gasteiger partial charge is 0.119 e. The van der Waals surface area contributed by atoms with Gasteiger partial charge in [0.1, 0.15) is 11.9 Å². The summed E-state index contributed by atoms with van der Waals surface area (Å²) in [4.78, 5) is 0. The van der Waals surface area contributed by atoms with Gasteiger partial charge in [0.05, 0.1) is 0 Å². The van der Waals surface area contributed by atoms with Crippen molar-refractivity contribution in [1.82, 2.24) is 0 Å². The highest BCUT2D eigenvalue weighted by Crippen LogP contribution is 2.67. The minimum absolute atomic E-state index is 0.351. The van der Waals surface area contributed by atoms with Crippen LogP contribution in [0.15, 0.2) is 53.6 Å². The van der Waals surface area contributed by atoms with Crippen molar-refractivity contribution in [2.24, 2.45) is 34.5 Å². The van der Waals surface area contributed by atoms with E-state index in [-0.39, 0.29) is 0 Å². The maximum absolute atomic E-state index is 6.40. The second-order valence-corrected chi connectivity index (χ2v) is 12.0. The Balaban J connectivity index is 1.33. The summed E-state index contributed by atoms with van der Waals surface area (Å²) >= 11 is 0. The Labute approximate surface area is 196 Å². The molecule has 0 radical (unpaired) electrons. The molecule has 0 saturated heterocycles. The molecule has 7 atom stereocenters. The van der Waals surface area contributed by atoms with Gasteiger partial charge >= 0.3 is 0 Å². The first-order valence-corrected chi connectivity index (χ1v) is 13.5. The molecule has 4 aliphatic carbocycles. The molecule has 0 amide bonds. The highest BCUT2D eigenvalue weighted by molar-refractivity contribution is 5.28. The average molecular weight is 433 g/mol. The van der Waals surface area contributed by atoms with Gasteiger partial charge in [-0.3, -0.25) is 0 Å². The average Bonchev–Trinajstić information content (AvgIpc) is 3.16. The van der Waals surface area contributed by atoms with Crippen LogP contribution in [-0.4, -0.2) is 6.10 Å². The summed E-state index contributed by atoms with van der Waals surface area (Å²) in [5.41, 5.74) is 4.37. The molecule has 0 N–H and O–H groups in total. The molecule has 0 aliphatic heterocycles. The van der Waals surface area contributed by atoms with Gasteiger partial charge < -0.3 is 4.74 Å². The minimum Gasteiger partial charge on any atom is -0.490 e. The second kappa shape index (κ2) is 8.69. The van der Waals surface area contributed by atoms with Crippen molar-refractivity contribution in [3.8, 4) is 5.75 Å². The van der Waals surface area contributed by atoms with Crippen LogP contribution in [0.3, 0.4) is 0 Å². The van der Waals surface area contributed by atoms with Gasteiger partial charge in [-0.2, -0.15) is 0 Å². The fourth-order valence-corrected chi connectivity index (χ4v) is 8.68. The predicted octanol–water partition coefficient (Wildman–Crippen LogP) is 8.76. The maximum atomic E-state index is 6.40. The molecule has 1 aromatic rings. The number of para-hydroxylation sites is 1. The standard InChI is InChI=1S/C31H44O/c1-5-6-10-22(2)27-15-16-28-26-14-13-23-21-25(32-24-11-8-7-9-12-24)17-19-30(23,3)29(26)18-20-31(27,28)4/h7-13,25-29H,5-6,14-21H2,1-4H3/b22-10-. The number of hydrogen-bond acceptors (Lipinski definition) is 1. The third kappa shape index (κ3) is 3.68. The van der Waals surface area contributed by atoms with Crippen molar-refractivity contribution < 1.29 is 4.74 Å². The topological polar surface area (TPSA) is 9.23 Å². The molecule has 4 aliphatic rings. The van der Waals surface area contributed by atoms with Crippen LogP contribution in [0.25, 0.3) is 0 Å². The number of fused-ring (bicyclic) bond motifs is 5. The van der Waals surface area contributed by atoms with Gasteiger partial charge in [-0.25, -0.2) is 0 Å². The SMILES string of the molecule is CCC/C=C(/C)C1CCC2C3CC=C4CC(Oc5ccccc5)CCC4(C)C3CCC12C. The third-order valence-electron chi connectivity index (χ3n) is 10.4. The summed E-state index contributed by atoms with van der Waals surface area (Å²) in [6.45, 7) is 10.0. The first-order chi connectivity index (χ1) is 15.5. The van der Waals surface area contributed by atoms with Gasteiger partial charge in [0.2, 0.25) is 0 Å². The Morgan fingerprint density at radius 3 is 2.62 bits per heavy atom. The normalized spacial score (nSPS) is 41.3. The fraction of sp³-hybridized carbons (Fsp3) is 0.677. The molecule has 174 valence electrons. The Morgan fingerprint density at radius 2 is 1.84 bits per heavy atom. The van der Waals surface area contributed by atoms with Crippen molar-refractivity contribution in [2.45, 2.75) is 98.0 Å². The Bertz CT molecular complexity index is 866. The molecule has 5 rings (SSSR count). The number of hydrogen-bond donors (Lipinski definition) is 0. The third-order valence-corrected chi connectivity index (χ3v) is 10.4. The highest BCUT2D eigenvalue weighted by Gasteiger charge is 2.58. The van der Waals surface area contributed by atoms with E-state index in [9.17, 15) is 0 Å². The van der Waals surface area contributed by atoms with E-state index in [0.717, 1.165) is 35.8 Å². The van der Waals surface area contributed by atoms with E-state index in [1.807, 2.05) is 0 Å². The number of rotatable bonds is 5. The van der Waals surface area contributed by atoms with E-state index < -0.39 is 0 Å². The van der Waals surface area contributed by atoms with E-state index in [4.69, 9.17) is 4.74 Å². The lowest BCUT2D eigenvalue weighted by molar-refractivity contribution is -0.0436. The Morgan fingerprint density at radius 1 is 1.03 bits per heavy atom. The largest absolute Gasteiger partial charge is 0.490 e. The van der Waals surface area contributed by atoms with Gasteiger partial charge in [-0.05, 0) is 105 Å². The molecule has 0 bridgehead atoms. The summed E-state index contributed by atoms with van der Waals surface area (Å²) in [7, 11) is 0. The van der Waals surface area contributed by atoms with Crippen LogP contribution >= 0.6 is 0 Å². The lowest BCUT2D eigenvalue weighted by atomic mass is 9.47. The van der Waals surface area contributed by atoms with Crippen LogP contribution in [0.5, 0.6) is 5.75 Å². The van der Waals surface area contributed by atoms with E-state index in [0.29, 0.717) is 16.9 Å². The first kappa shape index (κ1) is 22.3. The monoisotopic (exact) mass is 432 g/mol. The summed E-state index contributed by atoms with van der Waals surface area (Å²) in [6, 6.07) is 10.4. The zero-order chi connectivity index (χ0) is 22.3. The lowest BCUT2D eigenvalue weighted by Crippen LogP contribution is -2.50. The highest BCUT2D eigenvalue weighted by atomic mass is 16.5. The van der Waals surface area contributed by atoms with E-state index in [1.165, 1.54) is 57.8 Å². The molecule has 1 aromatic carbocycles. The zero-order valence-corrected chi connectivity index (χ0v) is 20.9. The van der Waals surface area contributed by atoms with Gasteiger partial charge in [0.15, 0.2) is 0 Å². The number of unbranched alkanes of at least 4 members (excludes halogenated alkanes) is 1. The fourth-order valence-electron chi connectivity index (χ4n) is 8.68. The molecule has 7 unspecified atom stereocenters. The summed E-state index contributed by atoms with van der Waals surface area (Å²) < 4.78 is 6.40. The van der Waals surface area contributed by atoms with Crippen molar-refractivity contribution in [2.75, 3.05) is 0 Å². The van der Waals surface area contributed by atoms with Gasteiger partial charge in [0.25, 0.3) is 0 Å². The van der Waals surface area contributed by atoms with Gasteiger partial charge in [-0.15, -0.1) is 0 Å². The number of ether oxygens (including phenoxy) is 1. The van der Waals surface area contributed by atoms with Gasteiger partial charge in [-0.1, -0.05) is 68.7 Å². The number of benzene rings is 1. The van der Waals surface area contributed by atoms with Crippen molar-refractivity contribution in [3.05, 3.63) is 53.6 Å². The van der Waals surface area contributed by atoms with Crippen LogP contribution < -0.4 is 4.74 Å². The molecule has 0 aromatic heterocycles. The van der Waals surface area contributed by atoms with Crippen LogP contribution in [0.1, 0.15) is 91.9 Å². The minimum atomic E-state index is 0.351. The molecule has 1 heteroatoms. The first-order valence-electron chi connectivity index (χ1n) is 13.5. The van der Waals surface area contributed by atoms with E-state index >= 15 is 0 Å². The van der Waals surface area contributed by atoms with Crippen molar-refractivity contribution in [1.29, 1.82) is 0 Å². The van der Waals surface area contributed by atoms with Crippen LogP contribution in [0, 0.1) is 34.5 Å². The van der Waals surface area contributed by atoms with E-state index in [2.05, 4.69) is 70.2 Å². The quantitative estimate of drug-likeness (QED) is 0.422. The molecule has 3 fully saturated rings. The Kier molecular flexibility index (Phi) is 6.06. The summed E-state index contributed by atoms with van der Waals surface area (Å²) in [6.07, 6.45) is 18.9. The second-order valence-electron chi connectivity index (χ2n) is 12.0. The van der Waals surface area contributed by atoms with Crippen molar-refractivity contribution >= 4 is 0 Å². The summed E-state index contributed by atoms with van der Waals surface area (Å²) in [5, 5.41) is 0. The molecular formula is C31H44O. The zero-order valence-electron chi connectivity index (χ0n) is 20.9. The maximum Gasteiger partial charge on any atom is 0.119 e. The van der Waals surface area contributed by atoms with Crippen LogP contribution in [-0.2, 0) is 0 Å². The van der Waals surface area contributed by atoms with E-state index in [1.54, 1.807) is 11.1 Å². The lowest BCUT2D eigenvalue weighted by Gasteiger charge is -2.58. The van der Waals surface area contributed by atoms with Gasteiger partial charge in [0, 0.05) is 6.42 Å². The predicted molar refractivity (Wildman–Crippen MR) is 135 cm³/mol. The van der Waals surface area contributed by atoms with Crippen LogP contribution in [0.2, 0.25) is 0 Å². The van der Waals surface area contributed by atoms with Crippen LogP contribution in [0.4, 0.5) is 0 Å². The number of allylic oxidation sites excluding steroid dienone is 3. The molecule has 0 spiro atoms.